The Morgan fingerprint density at radius 1 is 1.11 bits per heavy atom. The summed E-state index contributed by atoms with van der Waals surface area (Å²) in [5.41, 5.74) is 1.03. The Hall–Kier alpha value is -2.44. The van der Waals surface area contributed by atoms with Gasteiger partial charge in [-0.15, -0.1) is 0 Å². The van der Waals surface area contributed by atoms with Crippen molar-refractivity contribution in [2.45, 2.75) is 36.4 Å². The summed E-state index contributed by atoms with van der Waals surface area (Å²) in [6, 6.07) is 14.0. The summed E-state index contributed by atoms with van der Waals surface area (Å²) >= 11 is 3.46. The van der Waals surface area contributed by atoms with Gasteiger partial charge in [0.05, 0.1) is 25.2 Å². The number of benzene rings is 2. The minimum atomic E-state index is -3.86. The van der Waals surface area contributed by atoms with E-state index in [1.165, 1.54) is 23.5 Å². The van der Waals surface area contributed by atoms with E-state index < -0.39 is 16.3 Å². The number of hydrogen-bond donors (Lipinski definition) is 1. The van der Waals surface area contributed by atoms with E-state index in [1.54, 1.807) is 17.0 Å². The summed E-state index contributed by atoms with van der Waals surface area (Å²) in [6.07, 6.45) is 3.55. The Morgan fingerprint density at radius 2 is 1.79 bits per heavy atom. The molecule has 2 aliphatic rings. The molecule has 9 nitrogen and oxygen atoms in total. The van der Waals surface area contributed by atoms with Crippen LogP contribution in [-0.2, 0) is 24.3 Å². The second-order valence-electron chi connectivity index (χ2n) is 9.15. The first kappa shape index (κ1) is 28.6. The molecule has 2 aliphatic heterocycles. The maximum Gasteiger partial charge on any atom is 0.288 e. The van der Waals surface area contributed by atoms with Crippen molar-refractivity contribution in [2.75, 3.05) is 46.5 Å². The van der Waals surface area contributed by atoms with E-state index >= 15 is 0 Å². The predicted octanol–water partition coefficient (Wildman–Crippen LogP) is 3.49. The average Bonchev–Trinajstić information content (AvgIpc) is 3.47. The highest BCUT2D eigenvalue weighted by atomic mass is 79.9. The molecule has 2 atom stereocenters. The van der Waals surface area contributed by atoms with Gasteiger partial charge in [-0.1, -0.05) is 28.1 Å². The number of amides is 1. The van der Waals surface area contributed by atoms with Crippen LogP contribution in [0.2, 0.25) is 0 Å². The number of ether oxygens (including phenoxy) is 3. The first-order chi connectivity index (χ1) is 18.3. The number of sulfonamides is 1. The number of rotatable bonds is 11. The average molecular weight is 610 g/mol. The quantitative estimate of drug-likeness (QED) is 0.416. The summed E-state index contributed by atoms with van der Waals surface area (Å²) < 4.78 is 45.6. The molecule has 38 heavy (non-hydrogen) atoms. The van der Waals surface area contributed by atoms with Crippen molar-refractivity contribution >= 4 is 31.9 Å². The Balaban J connectivity index is 1.45. The zero-order valence-electron chi connectivity index (χ0n) is 21.3. The molecule has 1 saturated heterocycles. The molecule has 0 saturated carbocycles. The van der Waals surface area contributed by atoms with E-state index in [0.717, 1.165) is 22.9 Å². The third kappa shape index (κ3) is 6.95. The minimum absolute atomic E-state index is 0.0108. The lowest BCUT2D eigenvalue weighted by Crippen LogP contribution is -2.38. The summed E-state index contributed by atoms with van der Waals surface area (Å²) in [7, 11) is -2.36. The van der Waals surface area contributed by atoms with Crippen molar-refractivity contribution in [3.63, 3.8) is 0 Å². The number of aliphatic hydroxyl groups excluding tert-OH is 1. The van der Waals surface area contributed by atoms with E-state index in [0.29, 0.717) is 25.3 Å². The highest BCUT2D eigenvalue weighted by molar-refractivity contribution is 9.10. The lowest BCUT2D eigenvalue weighted by atomic mass is 9.93. The van der Waals surface area contributed by atoms with Gasteiger partial charge in [-0.05, 0) is 60.9 Å². The van der Waals surface area contributed by atoms with Crippen LogP contribution in [0, 0.1) is 0 Å². The van der Waals surface area contributed by atoms with Crippen LogP contribution in [0.15, 0.2) is 69.7 Å². The van der Waals surface area contributed by atoms with Crippen molar-refractivity contribution in [1.29, 1.82) is 0 Å². The molecule has 11 heteroatoms. The van der Waals surface area contributed by atoms with Gasteiger partial charge < -0.3 is 24.2 Å². The molecule has 2 aromatic rings. The third-order valence-corrected chi connectivity index (χ3v) is 9.09. The van der Waals surface area contributed by atoms with Crippen LogP contribution in [-0.4, -0.2) is 81.4 Å². The van der Waals surface area contributed by atoms with Gasteiger partial charge in [0.2, 0.25) is 16.3 Å². The molecule has 0 aromatic heterocycles. The number of allylic oxidation sites excluding steroid dienone is 1. The van der Waals surface area contributed by atoms with Gasteiger partial charge in [-0.3, -0.25) is 4.79 Å². The van der Waals surface area contributed by atoms with Crippen LogP contribution in [0.1, 0.15) is 30.7 Å². The summed E-state index contributed by atoms with van der Waals surface area (Å²) in [5, 5.41) is 9.51. The number of carbonyl (C=O) groups is 1. The van der Waals surface area contributed by atoms with Crippen LogP contribution in [0.3, 0.4) is 0 Å². The minimum Gasteiger partial charge on any atom is -0.497 e. The molecule has 0 bridgehead atoms. The fourth-order valence-electron chi connectivity index (χ4n) is 4.58. The number of nitrogens with zero attached hydrogens (tertiary/aromatic N) is 2. The fourth-order valence-corrected chi connectivity index (χ4v) is 6.26. The molecule has 0 spiro atoms. The van der Waals surface area contributed by atoms with Crippen LogP contribution in [0.4, 0.5) is 0 Å². The lowest BCUT2D eigenvalue weighted by molar-refractivity contribution is -0.152. The van der Waals surface area contributed by atoms with Crippen molar-refractivity contribution < 1.29 is 32.5 Å². The van der Waals surface area contributed by atoms with Crippen LogP contribution >= 0.6 is 15.9 Å². The Morgan fingerprint density at radius 3 is 2.42 bits per heavy atom. The van der Waals surface area contributed by atoms with E-state index in [1.807, 2.05) is 30.3 Å². The van der Waals surface area contributed by atoms with E-state index in [9.17, 15) is 18.3 Å². The van der Waals surface area contributed by atoms with Gasteiger partial charge in [0.25, 0.3) is 5.91 Å². The van der Waals surface area contributed by atoms with Gasteiger partial charge in [0, 0.05) is 43.0 Å². The van der Waals surface area contributed by atoms with E-state index in [-0.39, 0.29) is 48.8 Å². The molecule has 0 aliphatic carbocycles. The second-order valence-corrected chi connectivity index (χ2v) is 12.0. The van der Waals surface area contributed by atoms with Gasteiger partial charge in [0.1, 0.15) is 5.75 Å². The second kappa shape index (κ2) is 13.1. The van der Waals surface area contributed by atoms with Crippen LogP contribution in [0.5, 0.6) is 5.75 Å². The number of carbonyl (C=O) groups excluding carboxylic acids is 1. The number of hydrogen-bond acceptors (Lipinski definition) is 7. The number of methoxy groups -OCH3 is 1. The Kier molecular flexibility index (Phi) is 9.83. The van der Waals surface area contributed by atoms with Crippen molar-refractivity contribution in [1.82, 2.24) is 9.21 Å². The highest BCUT2D eigenvalue weighted by Gasteiger charge is 2.32. The molecule has 2 heterocycles. The molecule has 1 fully saturated rings. The summed E-state index contributed by atoms with van der Waals surface area (Å²) in [4.78, 5) is 15.0. The monoisotopic (exact) mass is 608 g/mol. The molecule has 2 aromatic carbocycles. The molecule has 0 unspecified atom stereocenters. The Bertz CT molecular complexity index is 1210. The topological polar surface area (TPSA) is 106 Å². The van der Waals surface area contributed by atoms with Crippen molar-refractivity contribution in [3.8, 4) is 5.75 Å². The third-order valence-electron chi connectivity index (χ3n) is 6.65. The predicted molar refractivity (Wildman–Crippen MR) is 145 cm³/mol. The Labute approximate surface area is 232 Å². The van der Waals surface area contributed by atoms with Crippen LogP contribution in [0.25, 0.3) is 0 Å². The maximum absolute atomic E-state index is 13.2. The molecule has 1 amide bonds. The first-order valence-electron chi connectivity index (χ1n) is 12.6. The maximum atomic E-state index is 13.2. The summed E-state index contributed by atoms with van der Waals surface area (Å²) in [6.45, 7) is 1.03. The number of aliphatic hydroxyl groups is 1. The first-order valence-corrected chi connectivity index (χ1v) is 14.8. The van der Waals surface area contributed by atoms with Gasteiger partial charge in [-0.25, -0.2) is 8.42 Å². The number of halogens is 1. The van der Waals surface area contributed by atoms with Crippen molar-refractivity contribution in [3.05, 3.63) is 70.4 Å². The zero-order valence-corrected chi connectivity index (χ0v) is 23.7. The normalized spacial score (nSPS) is 19.8. The van der Waals surface area contributed by atoms with Gasteiger partial charge in [-0.2, -0.15) is 4.31 Å². The standard InChI is InChI=1S/C27H33BrN2O7S/c1-35-23-8-10-24(11-9-23)38(33,34)30(14-16-31)15-17-36-26-19-21(20-4-6-22(28)7-5-20)18-25(37-26)27(32)29-12-2-3-13-29/h4-11,18,21,26,31H,2-3,12-17,19H2,1H3/t21-,26+/m1/s1. The molecular formula is C27H33BrN2O7S. The van der Waals surface area contributed by atoms with E-state index in [4.69, 9.17) is 14.2 Å². The SMILES string of the molecule is COc1ccc(S(=O)(=O)N(CCO)CCO[C@@H]2C[C@H](c3ccc(Br)cc3)C=C(C(=O)N3CCCC3)O2)cc1. The van der Waals surface area contributed by atoms with Crippen molar-refractivity contribution in [2.24, 2.45) is 0 Å². The van der Waals surface area contributed by atoms with Crippen LogP contribution < -0.4 is 4.74 Å². The molecular weight excluding hydrogens is 576 g/mol. The molecule has 206 valence electrons. The molecule has 1 N–H and O–H groups in total. The zero-order chi connectivity index (χ0) is 27.1. The molecule has 4 rings (SSSR count). The fraction of sp³-hybridized carbons (Fsp3) is 0.444. The highest BCUT2D eigenvalue weighted by Crippen LogP contribution is 2.33. The lowest BCUT2D eigenvalue weighted by Gasteiger charge is -2.31. The smallest absolute Gasteiger partial charge is 0.288 e. The largest absolute Gasteiger partial charge is 0.497 e. The number of likely N-dealkylation sites (tertiary alicyclic amines) is 1. The molecule has 0 radical (unpaired) electrons. The summed E-state index contributed by atoms with van der Waals surface area (Å²) in [5.74, 6) is 0.555. The van der Waals surface area contributed by atoms with E-state index in [2.05, 4.69) is 15.9 Å². The van der Waals surface area contributed by atoms with Gasteiger partial charge >= 0.3 is 0 Å². The van der Waals surface area contributed by atoms with Gasteiger partial charge in [0.15, 0.2) is 5.76 Å².